The first kappa shape index (κ1) is 28.1. The van der Waals surface area contributed by atoms with Crippen molar-refractivity contribution in [1.82, 2.24) is 25.8 Å². The Morgan fingerprint density at radius 2 is 1.76 bits per heavy atom. The quantitative estimate of drug-likeness (QED) is 0.142. The molecule has 1 saturated heterocycles. The lowest BCUT2D eigenvalue weighted by atomic mass is 9.91. The van der Waals surface area contributed by atoms with Crippen LogP contribution in [-0.4, -0.2) is 60.2 Å². The molecule has 0 spiro atoms. The topological polar surface area (TPSA) is 120 Å². The lowest BCUT2D eigenvalue weighted by molar-refractivity contribution is -0.109. The van der Waals surface area contributed by atoms with E-state index >= 15 is 0 Å². The number of hydrogen-bond donors (Lipinski definition) is 6. The number of carbonyl (C=O) groups excluding carboxylic acids is 1. The van der Waals surface area contributed by atoms with E-state index in [1.807, 2.05) is 55.7 Å². The van der Waals surface area contributed by atoms with Gasteiger partial charge in [-0.15, -0.1) is 0 Å². The van der Waals surface area contributed by atoms with E-state index in [-0.39, 0.29) is 12.4 Å². The van der Waals surface area contributed by atoms with Crippen LogP contribution in [0.2, 0.25) is 0 Å². The van der Waals surface area contributed by atoms with E-state index in [1.165, 1.54) is 23.8 Å². The number of H-pyrrole nitrogens is 1. The summed E-state index contributed by atoms with van der Waals surface area (Å²) in [6.45, 7) is 5.18. The van der Waals surface area contributed by atoms with E-state index in [4.69, 9.17) is 10.8 Å². The normalized spacial score (nSPS) is 14.3. The highest BCUT2D eigenvalue weighted by Gasteiger charge is 2.23. The summed E-state index contributed by atoms with van der Waals surface area (Å²) in [5.41, 5.74) is 3.81. The number of aryl methyl sites for hydroxylation is 1. The molecule has 8 nitrogen and oxygen atoms in total. The van der Waals surface area contributed by atoms with Crippen LogP contribution in [0.15, 0.2) is 60.8 Å². The fraction of sp³-hybridized carbons (Fsp3) is 0.414. The molecule has 0 aliphatic carbocycles. The van der Waals surface area contributed by atoms with Crippen LogP contribution in [0.5, 0.6) is 0 Å². The maximum atomic E-state index is 10.6. The Bertz CT molecular complexity index is 1140. The van der Waals surface area contributed by atoms with Crippen molar-refractivity contribution in [3.63, 3.8) is 0 Å². The van der Waals surface area contributed by atoms with Crippen LogP contribution in [0.1, 0.15) is 43.7 Å². The van der Waals surface area contributed by atoms with Gasteiger partial charge in [0, 0.05) is 29.1 Å². The van der Waals surface area contributed by atoms with Crippen molar-refractivity contribution in [3.8, 4) is 0 Å². The summed E-state index contributed by atoms with van der Waals surface area (Å²) in [7, 11) is 2.05. The third-order valence-electron chi connectivity index (χ3n) is 7.03. The molecule has 0 saturated carbocycles. The molecule has 4 rings (SSSR count). The van der Waals surface area contributed by atoms with Crippen molar-refractivity contribution in [2.24, 2.45) is 0 Å². The average molecular weight is 504 g/mol. The van der Waals surface area contributed by atoms with Crippen LogP contribution in [0, 0.1) is 10.8 Å². The monoisotopic (exact) mass is 503 g/mol. The largest absolute Gasteiger partial charge is 0.361 e. The lowest BCUT2D eigenvalue weighted by Gasteiger charge is -2.33. The van der Waals surface area contributed by atoms with E-state index in [1.54, 1.807) is 4.90 Å². The number of amidine groups is 2. The van der Waals surface area contributed by atoms with Gasteiger partial charge in [0.1, 0.15) is 11.7 Å². The van der Waals surface area contributed by atoms with E-state index in [0.29, 0.717) is 30.8 Å². The molecule has 6 N–H and O–H groups in total. The smallest absolute Gasteiger partial charge is 0.207 e. The van der Waals surface area contributed by atoms with Crippen LogP contribution in [0.4, 0.5) is 0 Å². The van der Waals surface area contributed by atoms with Gasteiger partial charge >= 0.3 is 0 Å². The van der Waals surface area contributed by atoms with Gasteiger partial charge in [0.25, 0.3) is 0 Å². The highest BCUT2D eigenvalue weighted by atomic mass is 16.1. The van der Waals surface area contributed by atoms with Crippen molar-refractivity contribution in [2.45, 2.75) is 51.1 Å². The van der Waals surface area contributed by atoms with Crippen molar-refractivity contribution in [3.05, 3.63) is 71.9 Å². The number of carbonyl (C=O) groups is 1. The Morgan fingerprint density at radius 3 is 2.43 bits per heavy atom. The van der Waals surface area contributed by atoms with Crippen LogP contribution >= 0.6 is 0 Å². The van der Waals surface area contributed by atoms with Gasteiger partial charge in [0.05, 0.1) is 13.1 Å². The maximum Gasteiger partial charge on any atom is 0.207 e. The summed E-state index contributed by atoms with van der Waals surface area (Å²) >= 11 is 0. The Hall–Kier alpha value is -3.49. The van der Waals surface area contributed by atoms with Gasteiger partial charge in [-0.25, -0.2) is 0 Å². The Kier molecular flexibility index (Phi) is 10.9. The molecule has 2 aromatic carbocycles. The molecule has 1 aliphatic heterocycles. The number of nitrogens with one attached hydrogen (secondary N) is 6. The Labute approximate surface area is 220 Å². The van der Waals surface area contributed by atoms with Gasteiger partial charge < -0.3 is 25.8 Å². The second-order valence-electron chi connectivity index (χ2n) is 9.74. The van der Waals surface area contributed by atoms with Crippen LogP contribution in [-0.2, 0) is 17.8 Å². The number of aromatic nitrogens is 1. The molecule has 8 heteroatoms. The molecule has 1 aliphatic rings. The number of amides is 1. The minimum Gasteiger partial charge on any atom is -0.361 e. The summed E-state index contributed by atoms with van der Waals surface area (Å²) in [5, 5.41) is 27.2. The number of piperidine rings is 1. The number of para-hydroxylation sites is 1. The van der Waals surface area contributed by atoms with Gasteiger partial charge in [-0.1, -0.05) is 48.5 Å². The number of benzene rings is 2. The number of fused-ring (bicyclic) bond motifs is 1. The third kappa shape index (κ3) is 8.55. The van der Waals surface area contributed by atoms with E-state index in [0.717, 1.165) is 37.0 Å². The fourth-order valence-corrected chi connectivity index (χ4v) is 4.50. The summed E-state index contributed by atoms with van der Waals surface area (Å²) in [4.78, 5) is 15.5. The van der Waals surface area contributed by atoms with E-state index < -0.39 is 0 Å². The predicted molar refractivity (Wildman–Crippen MR) is 152 cm³/mol. The molecule has 37 heavy (non-hydrogen) atoms. The Morgan fingerprint density at radius 1 is 1.05 bits per heavy atom. The molecule has 0 radical (unpaired) electrons. The number of nitrogens with zero attached hydrogens (tertiary/aromatic N) is 1. The van der Waals surface area contributed by atoms with Crippen LogP contribution < -0.4 is 16.0 Å². The van der Waals surface area contributed by atoms with Gasteiger partial charge in [-0.3, -0.25) is 15.6 Å². The molecule has 1 amide bonds. The maximum absolute atomic E-state index is 10.6. The standard InChI is InChI=1S/C22H25N5O.C7H16N2/c23-21(12-6-9-18-13-26-20-11-5-4-10-19(18)20)27(22(24)14-25-16-28)15-17-7-2-1-3-8-17;1-7(8-2)3-5-9-6-4-7/h1-5,7-8,10-11,13,16,23-24,26H,6,9,12,14-15H2,(H,25,28);8-9H,3-6H2,1-2H3. The van der Waals surface area contributed by atoms with Crippen molar-refractivity contribution in [2.75, 3.05) is 26.7 Å². The molecule has 198 valence electrons. The summed E-state index contributed by atoms with van der Waals surface area (Å²) in [5.74, 6) is 0.606. The molecule has 1 fully saturated rings. The Balaban J connectivity index is 0.000000356. The second-order valence-corrected chi connectivity index (χ2v) is 9.74. The van der Waals surface area contributed by atoms with E-state index in [9.17, 15) is 4.79 Å². The number of rotatable bonds is 10. The zero-order valence-corrected chi connectivity index (χ0v) is 22.1. The van der Waals surface area contributed by atoms with E-state index in [2.05, 4.69) is 40.0 Å². The summed E-state index contributed by atoms with van der Waals surface area (Å²) in [6, 6.07) is 18.0. The van der Waals surface area contributed by atoms with Crippen molar-refractivity contribution in [1.29, 1.82) is 10.8 Å². The minimum atomic E-state index is 0.112. The van der Waals surface area contributed by atoms with Crippen LogP contribution in [0.3, 0.4) is 0 Å². The molecule has 2 heterocycles. The van der Waals surface area contributed by atoms with Crippen molar-refractivity contribution < 1.29 is 4.79 Å². The third-order valence-corrected chi connectivity index (χ3v) is 7.03. The first-order chi connectivity index (χ1) is 18.0. The predicted octanol–water partition coefficient (Wildman–Crippen LogP) is 4.04. The summed E-state index contributed by atoms with van der Waals surface area (Å²) < 4.78 is 0. The highest BCUT2D eigenvalue weighted by Crippen LogP contribution is 2.20. The fourth-order valence-electron chi connectivity index (χ4n) is 4.50. The van der Waals surface area contributed by atoms with Crippen molar-refractivity contribution >= 4 is 29.0 Å². The van der Waals surface area contributed by atoms with Gasteiger partial charge in [0.2, 0.25) is 6.41 Å². The first-order valence-electron chi connectivity index (χ1n) is 13.0. The lowest BCUT2D eigenvalue weighted by Crippen LogP contribution is -2.48. The zero-order valence-electron chi connectivity index (χ0n) is 22.1. The molecular weight excluding hydrogens is 462 g/mol. The average Bonchev–Trinajstić information content (AvgIpc) is 3.34. The molecule has 0 unspecified atom stereocenters. The second kappa shape index (κ2) is 14.3. The SMILES string of the molecule is CNC1(C)CCNCC1.N=C(CCCc1c[nH]c2ccccc12)N(Cc1ccccc1)C(=N)CNC=O. The van der Waals surface area contributed by atoms with Gasteiger partial charge in [-0.05, 0) is 69.9 Å². The first-order valence-corrected chi connectivity index (χ1v) is 13.0. The van der Waals surface area contributed by atoms with Gasteiger partial charge in [0.15, 0.2) is 0 Å². The van der Waals surface area contributed by atoms with Gasteiger partial charge in [-0.2, -0.15) is 0 Å². The zero-order chi connectivity index (χ0) is 26.5. The molecule has 0 atom stereocenters. The summed E-state index contributed by atoms with van der Waals surface area (Å²) in [6.07, 6.45) is 7.37. The van der Waals surface area contributed by atoms with Crippen LogP contribution in [0.25, 0.3) is 10.9 Å². The molecule has 3 aromatic rings. The highest BCUT2D eigenvalue weighted by molar-refractivity contribution is 5.99. The molecular formula is C29H41N7O. The number of aromatic amines is 1. The molecule has 0 bridgehead atoms. The molecule has 1 aromatic heterocycles. The number of hydrogen-bond acceptors (Lipinski definition) is 5. The minimum absolute atomic E-state index is 0.112.